The van der Waals surface area contributed by atoms with Crippen LogP contribution in [0.1, 0.15) is 24.9 Å². The van der Waals surface area contributed by atoms with Crippen LogP contribution in [0.3, 0.4) is 0 Å². The van der Waals surface area contributed by atoms with Crippen molar-refractivity contribution in [2.24, 2.45) is 0 Å². The normalized spacial score (nSPS) is 31.1. The van der Waals surface area contributed by atoms with Crippen molar-refractivity contribution in [2.45, 2.75) is 31.1 Å². The van der Waals surface area contributed by atoms with Gasteiger partial charge in [0.05, 0.1) is 20.3 Å². The van der Waals surface area contributed by atoms with E-state index in [0.29, 0.717) is 24.5 Å². The molecule has 0 spiro atoms. The summed E-state index contributed by atoms with van der Waals surface area (Å²) in [6.45, 7) is 2.09. The van der Waals surface area contributed by atoms with Crippen molar-refractivity contribution in [3.05, 3.63) is 23.8 Å². The third-order valence-electron chi connectivity index (χ3n) is 4.06. The van der Waals surface area contributed by atoms with E-state index in [9.17, 15) is 10.2 Å². The summed E-state index contributed by atoms with van der Waals surface area (Å²) in [5.74, 6) is 1.35. The molecule has 1 aromatic carbocycles. The number of rotatable bonds is 3. The summed E-state index contributed by atoms with van der Waals surface area (Å²) < 4.78 is 10.5. The molecule has 0 amide bonds. The second-order valence-electron chi connectivity index (χ2n) is 5.65. The van der Waals surface area contributed by atoms with Crippen molar-refractivity contribution >= 4 is 0 Å². The highest BCUT2D eigenvalue weighted by molar-refractivity contribution is 5.44. The van der Waals surface area contributed by atoms with Crippen LogP contribution >= 0.6 is 0 Å². The first-order chi connectivity index (χ1) is 9.39. The molecule has 0 aliphatic carbocycles. The van der Waals surface area contributed by atoms with Crippen LogP contribution in [0.2, 0.25) is 0 Å². The molecule has 0 aromatic heterocycles. The van der Waals surface area contributed by atoms with Gasteiger partial charge in [-0.05, 0) is 38.1 Å². The molecule has 0 radical (unpaired) electrons. The maximum absolute atomic E-state index is 10.1. The summed E-state index contributed by atoms with van der Waals surface area (Å²) in [6.07, 6.45) is -0.254. The second-order valence-corrected chi connectivity index (χ2v) is 5.65. The van der Waals surface area contributed by atoms with Gasteiger partial charge < -0.3 is 19.7 Å². The zero-order chi connectivity index (χ0) is 14.9. The van der Waals surface area contributed by atoms with Gasteiger partial charge >= 0.3 is 0 Å². The van der Waals surface area contributed by atoms with Gasteiger partial charge in [-0.3, -0.25) is 4.90 Å². The number of β-amino-alcohol motifs (C(OH)–C–C–N with tert-alkyl or cyclic N) is 1. The lowest BCUT2D eigenvalue weighted by Gasteiger charge is -2.44. The Morgan fingerprint density at radius 1 is 1.25 bits per heavy atom. The van der Waals surface area contributed by atoms with Crippen molar-refractivity contribution in [1.29, 1.82) is 0 Å². The number of aliphatic hydroxyl groups excluding tert-OH is 1. The standard InChI is InChI=1S/C15H23NO4/c1-15(18)9-16(2)11(8-14(15)17)10-5-6-12(19-3)13(7-10)20-4/h5-7,11,14,17-18H,8-9H2,1-4H3/t11-,14-,15-/m0/s1. The van der Waals surface area contributed by atoms with E-state index < -0.39 is 11.7 Å². The fraction of sp³-hybridized carbons (Fsp3) is 0.600. The number of methoxy groups -OCH3 is 2. The van der Waals surface area contributed by atoms with Gasteiger partial charge in [-0.15, -0.1) is 0 Å². The van der Waals surface area contributed by atoms with Gasteiger partial charge in [-0.1, -0.05) is 6.07 Å². The molecule has 2 N–H and O–H groups in total. The lowest BCUT2D eigenvalue weighted by Crippen LogP contribution is -2.54. The predicted octanol–water partition coefficient (Wildman–Crippen LogP) is 1.19. The van der Waals surface area contributed by atoms with Gasteiger partial charge in [0.15, 0.2) is 11.5 Å². The Morgan fingerprint density at radius 3 is 2.50 bits per heavy atom. The van der Waals surface area contributed by atoms with Gasteiger partial charge in [0, 0.05) is 12.6 Å². The highest BCUT2D eigenvalue weighted by Gasteiger charge is 2.40. The number of aliphatic hydroxyl groups is 2. The van der Waals surface area contributed by atoms with Gasteiger partial charge in [0.2, 0.25) is 0 Å². The van der Waals surface area contributed by atoms with Crippen LogP contribution in [0.4, 0.5) is 0 Å². The van der Waals surface area contributed by atoms with Crippen LogP contribution in [0.5, 0.6) is 11.5 Å². The molecule has 1 saturated heterocycles. The fourth-order valence-corrected chi connectivity index (χ4v) is 2.82. The zero-order valence-corrected chi connectivity index (χ0v) is 12.5. The molecule has 112 valence electrons. The van der Waals surface area contributed by atoms with E-state index >= 15 is 0 Å². The van der Waals surface area contributed by atoms with Crippen LogP contribution in [0.15, 0.2) is 18.2 Å². The minimum atomic E-state index is -1.07. The lowest BCUT2D eigenvalue weighted by atomic mass is 9.85. The summed E-state index contributed by atoms with van der Waals surface area (Å²) >= 11 is 0. The highest BCUT2D eigenvalue weighted by atomic mass is 16.5. The van der Waals surface area contributed by atoms with Crippen LogP contribution in [-0.2, 0) is 0 Å². The first-order valence-corrected chi connectivity index (χ1v) is 6.71. The number of piperidine rings is 1. The van der Waals surface area contributed by atoms with Crippen LogP contribution in [-0.4, -0.2) is 54.6 Å². The molecule has 2 rings (SSSR count). The average Bonchev–Trinajstić information content (AvgIpc) is 2.41. The number of likely N-dealkylation sites (N-methyl/N-ethyl adjacent to an activating group) is 1. The maximum Gasteiger partial charge on any atom is 0.161 e. The van der Waals surface area contributed by atoms with Crippen molar-refractivity contribution in [3.8, 4) is 11.5 Å². The van der Waals surface area contributed by atoms with Gasteiger partial charge in [-0.2, -0.15) is 0 Å². The zero-order valence-electron chi connectivity index (χ0n) is 12.5. The van der Waals surface area contributed by atoms with Gasteiger partial charge in [0.1, 0.15) is 5.60 Å². The van der Waals surface area contributed by atoms with E-state index in [1.807, 2.05) is 30.1 Å². The Hall–Kier alpha value is -1.30. The monoisotopic (exact) mass is 281 g/mol. The summed E-state index contributed by atoms with van der Waals surface area (Å²) in [5, 5.41) is 20.2. The lowest BCUT2D eigenvalue weighted by molar-refractivity contribution is -0.121. The van der Waals surface area contributed by atoms with Gasteiger partial charge in [-0.25, -0.2) is 0 Å². The Kier molecular flexibility index (Phi) is 4.22. The van der Waals surface area contributed by atoms with Gasteiger partial charge in [0.25, 0.3) is 0 Å². The molecule has 5 heteroatoms. The van der Waals surface area contributed by atoms with Crippen molar-refractivity contribution < 1.29 is 19.7 Å². The number of hydrogen-bond donors (Lipinski definition) is 2. The van der Waals surface area contributed by atoms with Crippen LogP contribution < -0.4 is 9.47 Å². The molecule has 5 nitrogen and oxygen atoms in total. The van der Waals surface area contributed by atoms with E-state index in [4.69, 9.17) is 9.47 Å². The molecule has 20 heavy (non-hydrogen) atoms. The number of ether oxygens (including phenoxy) is 2. The van der Waals surface area contributed by atoms with Crippen LogP contribution in [0, 0.1) is 0 Å². The topological polar surface area (TPSA) is 62.2 Å². The molecule has 1 fully saturated rings. The third kappa shape index (κ3) is 2.75. The average molecular weight is 281 g/mol. The molecule has 3 atom stereocenters. The minimum absolute atomic E-state index is 0.0463. The number of nitrogens with zero attached hydrogens (tertiary/aromatic N) is 1. The quantitative estimate of drug-likeness (QED) is 0.871. The smallest absolute Gasteiger partial charge is 0.161 e. The number of benzene rings is 1. The van der Waals surface area contributed by atoms with E-state index in [1.54, 1.807) is 21.1 Å². The van der Waals surface area contributed by atoms with E-state index in [-0.39, 0.29) is 6.04 Å². The minimum Gasteiger partial charge on any atom is -0.493 e. The van der Waals surface area contributed by atoms with Crippen LogP contribution in [0.25, 0.3) is 0 Å². The summed E-state index contributed by atoms with van der Waals surface area (Å²) in [7, 11) is 5.15. The summed E-state index contributed by atoms with van der Waals surface area (Å²) in [4.78, 5) is 2.05. The SMILES string of the molecule is COc1ccc([C@@H]2C[C@H](O)[C@@](C)(O)CN2C)cc1OC. The van der Waals surface area contributed by atoms with Crippen molar-refractivity contribution in [3.63, 3.8) is 0 Å². The van der Waals surface area contributed by atoms with Crippen molar-refractivity contribution in [1.82, 2.24) is 4.90 Å². The molecule has 0 unspecified atom stereocenters. The maximum atomic E-state index is 10.1. The number of hydrogen-bond acceptors (Lipinski definition) is 5. The van der Waals surface area contributed by atoms with E-state index in [0.717, 1.165) is 5.56 Å². The fourth-order valence-electron chi connectivity index (χ4n) is 2.82. The largest absolute Gasteiger partial charge is 0.493 e. The molecular formula is C15H23NO4. The highest BCUT2D eigenvalue weighted by Crippen LogP contribution is 2.37. The van der Waals surface area contributed by atoms with E-state index in [2.05, 4.69) is 0 Å². The Balaban J connectivity index is 2.28. The Morgan fingerprint density at radius 2 is 1.90 bits per heavy atom. The third-order valence-corrected chi connectivity index (χ3v) is 4.06. The first-order valence-electron chi connectivity index (χ1n) is 6.71. The molecule has 0 saturated carbocycles. The molecular weight excluding hydrogens is 258 g/mol. The summed E-state index contributed by atoms with van der Waals surface area (Å²) in [5.41, 5.74) is -0.0263. The molecule has 0 bridgehead atoms. The molecule has 1 aromatic rings. The second kappa shape index (κ2) is 5.60. The van der Waals surface area contributed by atoms with Crippen molar-refractivity contribution in [2.75, 3.05) is 27.8 Å². The predicted molar refractivity (Wildman–Crippen MR) is 76.2 cm³/mol. The molecule has 1 aliphatic heterocycles. The first kappa shape index (κ1) is 15.1. The Bertz CT molecular complexity index is 475. The van der Waals surface area contributed by atoms with E-state index in [1.165, 1.54) is 0 Å². The number of likely N-dealkylation sites (tertiary alicyclic amines) is 1. The molecule has 1 heterocycles. The molecule has 1 aliphatic rings. The summed E-state index contributed by atoms with van der Waals surface area (Å²) in [6, 6.07) is 5.80. The Labute approximate surface area is 119 Å².